The number of aromatic nitrogens is 6. The number of carbonyl (C=O) groups excluding carboxylic acids is 2. The Labute approximate surface area is 525 Å². The number of H-pyrrole nitrogens is 2. The predicted octanol–water partition coefficient (Wildman–Crippen LogP) is 8.62. The Bertz CT molecular complexity index is 3730. The molecule has 7 aromatic rings. The van der Waals surface area contributed by atoms with Crippen molar-refractivity contribution in [3.63, 3.8) is 0 Å². The second kappa shape index (κ2) is 31.4. The molecule has 0 bridgehead atoms. The van der Waals surface area contributed by atoms with Crippen molar-refractivity contribution in [2.45, 2.75) is 121 Å². The number of nitrogens with one attached hydrogen (secondary N) is 4. The lowest BCUT2D eigenvalue weighted by atomic mass is 9.80. The summed E-state index contributed by atoms with van der Waals surface area (Å²) in [7, 11) is -1.11. The number of methoxy groups -OCH3 is 2. The monoisotopic (exact) mass is 1290 g/mol. The molecular formula is C61H71N11O15P2S. The summed E-state index contributed by atoms with van der Waals surface area (Å²) in [6.07, 6.45) is -2.68. The van der Waals surface area contributed by atoms with Crippen molar-refractivity contribution in [2.75, 3.05) is 52.5 Å². The van der Waals surface area contributed by atoms with E-state index in [9.17, 15) is 34.5 Å². The molecule has 2 aliphatic heterocycles. The first-order valence-corrected chi connectivity index (χ1v) is 32.2. The fourth-order valence-electron chi connectivity index (χ4n) is 10.4. The first-order valence-electron chi connectivity index (χ1n) is 29.1. The summed E-state index contributed by atoms with van der Waals surface area (Å²) in [6, 6.07) is 30.5. The molecule has 2 amide bonds. The highest BCUT2D eigenvalue weighted by atomic mass is 32.1. The Hall–Kier alpha value is -7.59. The number of benzene rings is 3. The van der Waals surface area contributed by atoms with Gasteiger partial charge in [-0.2, -0.15) is 26.8 Å². The zero-order valence-corrected chi connectivity index (χ0v) is 53.2. The summed E-state index contributed by atoms with van der Waals surface area (Å²) in [5, 5.41) is 28.1. The van der Waals surface area contributed by atoms with E-state index in [1.165, 1.54) is 28.4 Å². The van der Waals surface area contributed by atoms with E-state index in [0.29, 0.717) is 17.1 Å². The van der Waals surface area contributed by atoms with Crippen molar-refractivity contribution in [1.82, 2.24) is 39.1 Å². The van der Waals surface area contributed by atoms with E-state index in [1.807, 2.05) is 107 Å². The molecule has 90 heavy (non-hydrogen) atoms. The largest absolute Gasteiger partial charge is 0.497 e. The van der Waals surface area contributed by atoms with E-state index in [0.717, 1.165) is 16.7 Å². The van der Waals surface area contributed by atoms with Crippen molar-refractivity contribution in [3.8, 4) is 23.6 Å². The van der Waals surface area contributed by atoms with Crippen LogP contribution in [-0.4, -0.2) is 129 Å². The van der Waals surface area contributed by atoms with Gasteiger partial charge in [0.05, 0.1) is 84.2 Å². The quantitative estimate of drug-likeness (QED) is 0.0179. The lowest BCUT2D eigenvalue weighted by Gasteiger charge is -2.37. The Morgan fingerprint density at radius 2 is 1.40 bits per heavy atom. The normalized spacial score (nSPS) is 19.0. The van der Waals surface area contributed by atoms with Crippen LogP contribution in [0.1, 0.15) is 105 Å². The first kappa shape index (κ1) is 66.8. The van der Waals surface area contributed by atoms with Gasteiger partial charge in [0.2, 0.25) is 11.9 Å². The van der Waals surface area contributed by atoms with Crippen LogP contribution in [0.15, 0.2) is 123 Å². The van der Waals surface area contributed by atoms with Gasteiger partial charge in [0.15, 0.2) is 11.2 Å². The van der Waals surface area contributed by atoms with Gasteiger partial charge in [-0.1, -0.05) is 54.6 Å². The van der Waals surface area contributed by atoms with Gasteiger partial charge in [-0.25, -0.2) is 14.4 Å². The van der Waals surface area contributed by atoms with Crippen molar-refractivity contribution < 1.29 is 55.9 Å². The van der Waals surface area contributed by atoms with Crippen LogP contribution in [0.4, 0.5) is 5.95 Å². The molecule has 0 saturated carbocycles. The summed E-state index contributed by atoms with van der Waals surface area (Å²) >= 11 is 1.37. The minimum atomic E-state index is -2.43. The number of nitriles is 2. The van der Waals surface area contributed by atoms with Crippen LogP contribution >= 0.6 is 28.5 Å². The molecule has 4 aromatic heterocycles. The number of fused-ring (bicyclic) bond motifs is 1. The lowest BCUT2D eigenvalue weighted by Crippen LogP contribution is -2.38. The first-order chi connectivity index (χ1) is 43.5. The van der Waals surface area contributed by atoms with E-state index in [1.54, 1.807) is 42.5 Å². The zero-order chi connectivity index (χ0) is 63.9. The van der Waals surface area contributed by atoms with E-state index in [4.69, 9.17) is 46.3 Å². The second-order valence-corrected chi connectivity index (χ2v) is 24.8. The summed E-state index contributed by atoms with van der Waals surface area (Å²) < 4.78 is 70.2. The molecule has 0 aliphatic carbocycles. The van der Waals surface area contributed by atoms with Gasteiger partial charge in [0.25, 0.3) is 25.6 Å². The average Bonchev–Trinajstić information content (AvgIpc) is 1.07. The Kier molecular flexibility index (Phi) is 23.3. The van der Waals surface area contributed by atoms with Crippen molar-refractivity contribution in [3.05, 3.63) is 167 Å². The minimum Gasteiger partial charge on any atom is -0.497 e. The number of aryl methyl sites for hydroxylation is 1. The molecule has 2 aliphatic rings. The summed E-state index contributed by atoms with van der Waals surface area (Å²) in [6.45, 7) is 9.15. The number of nitrogens with zero attached hydrogens (tertiary/aromatic N) is 7. The summed E-state index contributed by atoms with van der Waals surface area (Å²) in [5.74, 6) is 0.191. The molecule has 2 saturated heterocycles. The molecule has 9 rings (SSSR count). The molecule has 26 nitrogen and oxygen atoms in total. The predicted molar refractivity (Wildman–Crippen MR) is 333 cm³/mol. The molecule has 476 valence electrons. The molecule has 4 N–H and O–H groups in total. The van der Waals surface area contributed by atoms with Crippen LogP contribution in [0.25, 0.3) is 11.2 Å². The Balaban J connectivity index is 1.06. The van der Waals surface area contributed by atoms with Crippen molar-refractivity contribution in [2.24, 2.45) is 0 Å². The molecule has 0 radical (unpaired) electrons. The molecule has 6 heterocycles. The fraction of sp³-hybridized carbons (Fsp3) is 0.426. The SMILES string of the molecule is COc1ccc(C(OC[C@H]2O[C@@H](n3cnc4c(=O)[nH]c(NC(=O)CCNC(=O)c5ccsc5)nc43)C[C@@H]2OP(OCCC#N)OCC2O[C@@H](n3cc(C)c(=O)[nH]c3=O)C[C@@H]2OP(OCCC#N)N(C(C)C)C(C)C)(c2ccccc2)c2ccc(OC)cc2)cc1. The highest BCUT2D eigenvalue weighted by molar-refractivity contribution is 7.44. The number of hydrogen-bond acceptors (Lipinski definition) is 21. The van der Waals surface area contributed by atoms with Crippen LogP contribution in [0.2, 0.25) is 0 Å². The van der Waals surface area contributed by atoms with Gasteiger partial charge in [-0.15, -0.1) is 0 Å². The van der Waals surface area contributed by atoms with Gasteiger partial charge >= 0.3 is 14.3 Å². The number of imidazole rings is 1. The van der Waals surface area contributed by atoms with Crippen LogP contribution in [0.5, 0.6) is 11.5 Å². The van der Waals surface area contributed by atoms with Crippen LogP contribution < -0.4 is 36.9 Å². The number of thiophene rings is 1. The number of hydrogen-bond donors (Lipinski definition) is 4. The molecule has 29 heteroatoms. The van der Waals surface area contributed by atoms with Crippen molar-refractivity contribution in [1.29, 1.82) is 10.5 Å². The summed E-state index contributed by atoms with van der Waals surface area (Å²) in [4.78, 5) is 79.5. The highest BCUT2D eigenvalue weighted by Crippen LogP contribution is 2.52. The topological polar surface area (TPSA) is 320 Å². The number of carbonyl (C=O) groups is 2. The average molecular weight is 1290 g/mol. The van der Waals surface area contributed by atoms with E-state index in [-0.39, 0.29) is 106 Å². The van der Waals surface area contributed by atoms with Crippen LogP contribution in [0.3, 0.4) is 0 Å². The third kappa shape index (κ3) is 16.1. The molecule has 0 spiro atoms. The van der Waals surface area contributed by atoms with E-state index < -0.39 is 82.3 Å². The van der Waals surface area contributed by atoms with E-state index in [2.05, 4.69) is 47.4 Å². The number of amides is 2. The number of aromatic amines is 2. The molecule has 3 aromatic carbocycles. The molecular weight excluding hydrogens is 1220 g/mol. The number of anilines is 1. The van der Waals surface area contributed by atoms with Crippen molar-refractivity contribution >= 4 is 57.4 Å². The fourth-order valence-corrected chi connectivity index (χ4v) is 14.0. The van der Waals surface area contributed by atoms with Gasteiger partial charge in [0, 0.05) is 60.6 Å². The molecule has 3 unspecified atom stereocenters. The lowest BCUT2D eigenvalue weighted by molar-refractivity contribution is -0.116. The van der Waals surface area contributed by atoms with Gasteiger partial charge in [-0.3, -0.25) is 43.6 Å². The van der Waals surface area contributed by atoms with Crippen LogP contribution in [-0.2, 0) is 47.2 Å². The Morgan fingerprint density at radius 1 is 0.789 bits per heavy atom. The van der Waals surface area contributed by atoms with Gasteiger partial charge in [-0.05, 0) is 87.0 Å². The Morgan fingerprint density at radius 3 is 2.01 bits per heavy atom. The standard InChI is InChI=1S/C61H71N11O15P2S/c1-38(2)72(39(3)4)88(81-28-11-25-62)86-47-31-52(70-33-40(5)56(74)69-60(70)77)85-50(47)35-83-89(82-29-12-26-63)87-48-32-53(71-37-65-54-55(71)67-59(68-58(54)76)66-51(73)23-27-64-57(75)41-24-30-90-36-41)84-49(48)34-80-61(42-13-9-8-10-14-42,43-15-19-45(78-6)20-16-43)44-17-21-46(79-7)22-18-44/h8-10,13-22,24,30,33,36-39,47-50,52-53H,11-12,23,27-29,31-32,34-35H2,1-7H3,(H,64,75)(H,69,74,77)(H2,66,67,68,73,76)/t47-,48-,49+,50?,52+,53+,88?,89?/m0/s1. The third-order valence-electron chi connectivity index (χ3n) is 14.7. The zero-order valence-electron chi connectivity index (χ0n) is 50.6. The van der Waals surface area contributed by atoms with Gasteiger partial charge < -0.3 is 51.6 Å². The maximum atomic E-state index is 13.7. The van der Waals surface area contributed by atoms with E-state index >= 15 is 0 Å². The molecule has 8 atom stereocenters. The maximum Gasteiger partial charge on any atom is 0.333 e. The van der Waals surface area contributed by atoms with Crippen LogP contribution in [0, 0.1) is 29.6 Å². The smallest absolute Gasteiger partial charge is 0.333 e. The molecule has 2 fully saturated rings. The van der Waals surface area contributed by atoms with Gasteiger partial charge in [0.1, 0.15) is 41.8 Å². The minimum absolute atomic E-state index is 0.0106. The third-order valence-corrected chi connectivity index (χ3v) is 18.8. The summed E-state index contributed by atoms with van der Waals surface area (Å²) in [5.41, 5.74) is -0.248. The highest BCUT2D eigenvalue weighted by Gasteiger charge is 2.46. The number of ether oxygens (including phenoxy) is 5. The number of rotatable bonds is 31. The second-order valence-electron chi connectivity index (χ2n) is 21.4. The maximum absolute atomic E-state index is 13.7.